The monoisotopic (exact) mass is 306 g/mol. The van der Waals surface area contributed by atoms with Crippen LogP contribution in [0.5, 0.6) is 5.75 Å². The van der Waals surface area contributed by atoms with Gasteiger partial charge in [0.2, 0.25) is 0 Å². The van der Waals surface area contributed by atoms with Gasteiger partial charge >= 0.3 is 0 Å². The first-order chi connectivity index (χ1) is 11.1. The molecule has 23 heavy (non-hydrogen) atoms. The summed E-state index contributed by atoms with van der Waals surface area (Å²) in [7, 11) is 0. The molecule has 116 valence electrons. The van der Waals surface area contributed by atoms with E-state index in [0.29, 0.717) is 5.56 Å². The Morgan fingerprint density at radius 1 is 1.13 bits per heavy atom. The predicted molar refractivity (Wildman–Crippen MR) is 92.0 cm³/mol. The molecule has 4 nitrogen and oxygen atoms in total. The smallest absolute Gasteiger partial charge is 0.124 e. The third-order valence-corrected chi connectivity index (χ3v) is 3.77. The molecule has 0 spiro atoms. The highest BCUT2D eigenvalue weighted by Crippen LogP contribution is 2.25. The van der Waals surface area contributed by atoms with Crippen molar-refractivity contribution in [3.8, 4) is 5.75 Å². The SMILES string of the molecule is Cc1ccc(C(O)CN=Cc2c(O)ccc3ccccc23)cn1. The quantitative estimate of drug-likeness (QED) is 0.726. The average Bonchev–Trinajstić information content (AvgIpc) is 2.57. The van der Waals surface area contributed by atoms with Crippen molar-refractivity contribution in [3.05, 3.63) is 71.5 Å². The predicted octanol–water partition coefficient (Wildman–Crippen LogP) is 3.40. The maximum absolute atomic E-state index is 10.2. The summed E-state index contributed by atoms with van der Waals surface area (Å²) in [6.45, 7) is 2.12. The summed E-state index contributed by atoms with van der Waals surface area (Å²) in [6, 6.07) is 15.0. The molecule has 0 aliphatic rings. The molecular formula is C19H18N2O2. The van der Waals surface area contributed by atoms with E-state index in [-0.39, 0.29) is 12.3 Å². The van der Waals surface area contributed by atoms with E-state index in [1.54, 1.807) is 18.5 Å². The van der Waals surface area contributed by atoms with Gasteiger partial charge in [0.05, 0.1) is 12.6 Å². The first-order valence-corrected chi connectivity index (χ1v) is 7.46. The fourth-order valence-corrected chi connectivity index (χ4v) is 2.45. The maximum Gasteiger partial charge on any atom is 0.124 e. The minimum absolute atomic E-state index is 0.180. The minimum atomic E-state index is -0.712. The number of hydrogen-bond acceptors (Lipinski definition) is 4. The number of phenolic OH excluding ortho intramolecular Hbond substituents is 1. The van der Waals surface area contributed by atoms with Crippen LogP contribution in [0.3, 0.4) is 0 Å². The first kappa shape index (κ1) is 15.2. The number of nitrogens with zero attached hydrogens (tertiary/aromatic N) is 2. The summed E-state index contributed by atoms with van der Waals surface area (Å²) >= 11 is 0. The van der Waals surface area contributed by atoms with E-state index in [1.807, 2.05) is 49.4 Å². The number of aryl methyl sites for hydroxylation is 1. The van der Waals surface area contributed by atoms with Crippen molar-refractivity contribution in [2.45, 2.75) is 13.0 Å². The molecule has 1 heterocycles. The number of benzene rings is 2. The van der Waals surface area contributed by atoms with Crippen LogP contribution in [0.2, 0.25) is 0 Å². The first-order valence-electron chi connectivity index (χ1n) is 7.46. The van der Waals surface area contributed by atoms with Crippen LogP contribution in [0.25, 0.3) is 10.8 Å². The fourth-order valence-electron chi connectivity index (χ4n) is 2.45. The molecule has 2 N–H and O–H groups in total. The van der Waals surface area contributed by atoms with Crippen LogP contribution in [-0.2, 0) is 0 Å². The van der Waals surface area contributed by atoms with Gasteiger partial charge < -0.3 is 10.2 Å². The summed E-state index contributed by atoms with van der Waals surface area (Å²) in [4.78, 5) is 8.46. The molecule has 0 aliphatic heterocycles. The number of aliphatic hydroxyl groups excluding tert-OH is 1. The Labute approximate surface area is 134 Å². The van der Waals surface area contributed by atoms with Crippen LogP contribution in [0, 0.1) is 6.92 Å². The Morgan fingerprint density at radius 2 is 1.96 bits per heavy atom. The Balaban J connectivity index is 1.80. The van der Waals surface area contributed by atoms with E-state index in [9.17, 15) is 10.2 Å². The highest BCUT2D eigenvalue weighted by molar-refractivity contribution is 6.02. The number of fused-ring (bicyclic) bond motifs is 1. The van der Waals surface area contributed by atoms with Crippen molar-refractivity contribution >= 4 is 17.0 Å². The number of aliphatic hydroxyl groups is 1. The van der Waals surface area contributed by atoms with E-state index < -0.39 is 6.10 Å². The van der Waals surface area contributed by atoms with Gasteiger partial charge in [-0.1, -0.05) is 36.4 Å². The number of rotatable bonds is 4. The number of aromatic hydroxyl groups is 1. The molecule has 1 aromatic heterocycles. The van der Waals surface area contributed by atoms with Gasteiger partial charge in [-0.15, -0.1) is 0 Å². The molecule has 0 radical (unpaired) electrons. The fraction of sp³-hybridized carbons (Fsp3) is 0.158. The number of pyridine rings is 1. The summed E-state index contributed by atoms with van der Waals surface area (Å²) in [6.07, 6.45) is 2.56. The van der Waals surface area contributed by atoms with Crippen LogP contribution in [0.1, 0.15) is 22.9 Å². The maximum atomic E-state index is 10.2. The Morgan fingerprint density at radius 3 is 2.74 bits per heavy atom. The van der Waals surface area contributed by atoms with E-state index in [4.69, 9.17) is 0 Å². The van der Waals surface area contributed by atoms with E-state index in [1.165, 1.54) is 0 Å². The highest BCUT2D eigenvalue weighted by Gasteiger charge is 2.07. The normalized spacial score (nSPS) is 12.8. The van der Waals surface area contributed by atoms with E-state index in [2.05, 4.69) is 9.98 Å². The summed E-state index contributed by atoms with van der Waals surface area (Å²) in [5.74, 6) is 0.180. The lowest BCUT2D eigenvalue weighted by molar-refractivity contribution is 0.187. The topological polar surface area (TPSA) is 65.7 Å². The van der Waals surface area contributed by atoms with Crippen molar-refractivity contribution in [1.82, 2.24) is 4.98 Å². The Bertz CT molecular complexity index is 842. The molecule has 3 aromatic rings. The van der Waals surface area contributed by atoms with E-state index >= 15 is 0 Å². The second-order valence-electron chi connectivity index (χ2n) is 5.46. The second kappa shape index (κ2) is 6.58. The molecule has 0 bridgehead atoms. The number of hydrogen-bond donors (Lipinski definition) is 2. The molecule has 0 amide bonds. The lowest BCUT2D eigenvalue weighted by Gasteiger charge is -2.08. The van der Waals surface area contributed by atoms with Gasteiger partial charge in [0.1, 0.15) is 5.75 Å². The zero-order chi connectivity index (χ0) is 16.2. The molecule has 2 aromatic carbocycles. The van der Waals surface area contributed by atoms with Crippen LogP contribution in [-0.4, -0.2) is 28.0 Å². The van der Waals surface area contributed by atoms with Gasteiger partial charge in [-0.3, -0.25) is 9.98 Å². The zero-order valence-electron chi connectivity index (χ0n) is 12.8. The summed E-state index contributed by atoms with van der Waals surface area (Å²) in [5.41, 5.74) is 2.30. The van der Waals surface area contributed by atoms with Crippen molar-refractivity contribution < 1.29 is 10.2 Å². The lowest BCUT2D eigenvalue weighted by Crippen LogP contribution is -2.02. The lowest BCUT2D eigenvalue weighted by atomic mass is 10.0. The minimum Gasteiger partial charge on any atom is -0.507 e. The Hall–Kier alpha value is -2.72. The Kier molecular flexibility index (Phi) is 4.35. The van der Waals surface area contributed by atoms with Crippen molar-refractivity contribution in [2.75, 3.05) is 6.54 Å². The summed E-state index contributed by atoms with van der Waals surface area (Å²) < 4.78 is 0. The van der Waals surface area contributed by atoms with Gasteiger partial charge in [0, 0.05) is 29.2 Å². The number of aromatic nitrogens is 1. The number of aliphatic imine (C=N–C) groups is 1. The molecule has 0 aliphatic carbocycles. The van der Waals surface area contributed by atoms with Crippen LogP contribution < -0.4 is 0 Å². The van der Waals surface area contributed by atoms with Crippen LogP contribution in [0.15, 0.2) is 59.7 Å². The van der Waals surface area contributed by atoms with Crippen molar-refractivity contribution in [3.63, 3.8) is 0 Å². The average molecular weight is 306 g/mol. The molecule has 4 heteroatoms. The summed E-state index contributed by atoms with van der Waals surface area (Å²) in [5, 5.41) is 22.2. The molecular weight excluding hydrogens is 288 g/mol. The highest BCUT2D eigenvalue weighted by atomic mass is 16.3. The van der Waals surface area contributed by atoms with Crippen LogP contribution in [0.4, 0.5) is 0 Å². The zero-order valence-corrected chi connectivity index (χ0v) is 12.8. The van der Waals surface area contributed by atoms with Crippen molar-refractivity contribution in [1.29, 1.82) is 0 Å². The largest absolute Gasteiger partial charge is 0.507 e. The third kappa shape index (κ3) is 3.38. The molecule has 3 rings (SSSR count). The molecule has 0 saturated heterocycles. The van der Waals surface area contributed by atoms with Crippen molar-refractivity contribution in [2.24, 2.45) is 4.99 Å². The molecule has 1 atom stereocenters. The van der Waals surface area contributed by atoms with E-state index in [0.717, 1.165) is 22.0 Å². The standard InChI is InChI=1S/C19H18N2O2/c1-13-6-7-15(10-21-13)19(23)12-20-11-17-16-5-3-2-4-14(16)8-9-18(17)22/h2-11,19,22-23H,12H2,1H3. The second-order valence-corrected chi connectivity index (χ2v) is 5.46. The van der Waals surface area contributed by atoms with Gasteiger partial charge in [-0.2, -0.15) is 0 Å². The molecule has 0 fully saturated rings. The van der Waals surface area contributed by atoms with Gasteiger partial charge in [-0.25, -0.2) is 0 Å². The van der Waals surface area contributed by atoms with Gasteiger partial charge in [0.25, 0.3) is 0 Å². The molecule has 0 saturated carbocycles. The van der Waals surface area contributed by atoms with Gasteiger partial charge in [-0.05, 0) is 29.8 Å². The number of phenols is 1. The van der Waals surface area contributed by atoms with Gasteiger partial charge in [0.15, 0.2) is 0 Å². The third-order valence-electron chi connectivity index (χ3n) is 3.77. The van der Waals surface area contributed by atoms with Crippen LogP contribution >= 0.6 is 0 Å². The molecule has 1 unspecified atom stereocenters.